The highest BCUT2D eigenvalue weighted by atomic mass is 79.9. The zero-order chi connectivity index (χ0) is 14.4. The van der Waals surface area contributed by atoms with E-state index in [2.05, 4.69) is 31.9 Å². The number of hydrogen-bond acceptors (Lipinski definition) is 2. The molecule has 0 amide bonds. The van der Waals surface area contributed by atoms with E-state index < -0.39 is 0 Å². The van der Waals surface area contributed by atoms with Gasteiger partial charge in [0.25, 0.3) is 0 Å². The van der Waals surface area contributed by atoms with Gasteiger partial charge in [-0.25, -0.2) is 0 Å². The highest BCUT2D eigenvalue weighted by Gasteiger charge is 2.05. The molecule has 0 heterocycles. The van der Waals surface area contributed by atoms with Crippen molar-refractivity contribution in [2.45, 2.75) is 6.61 Å². The molecule has 0 bridgehead atoms. The SMILES string of the molecule is COc1ccc(C=C(Br)Br)cc1OCc1ccccc1. The van der Waals surface area contributed by atoms with Crippen molar-refractivity contribution in [2.75, 3.05) is 7.11 Å². The molecule has 0 aromatic heterocycles. The van der Waals surface area contributed by atoms with Crippen LogP contribution in [0.5, 0.6) is 11.5 Å². The molecule has 0 spiro atoms. The summed E-state index contributed by atoms with van der Waals surface area (Å²) in [6.45, 7) is 0.514. The average molecular weight is 398 g/mol. The quantitative estimate of drug-likeness (QED) is 0.675. The summed E-state index contributed by atoms with van der Waals surface area (Å²) in [6.07, 6.45) is 1.95. The minimum atomic E-state index is 0.514. The van der Waals surface area contributed by atoms with Gasteiger partial charge in [0, 0.05) is 0 Å². The van der Waals surface area contributed by atoms with Gasteiger partial charge in [0.1, 0.15) is 6.61 Å². The van der Waals surface area contributed by atoms with Gasteiger partial charge in [-0.15, -0.1) is 0 Å². The normalized spacial score (nSPS) is 9.95. The predicted octanol–water partition coefficient (Wildman–Crippen LogP) is 5.36. The fourth-order valence-electron chi connectivity index (χ4n) is 1.76. The molecule has 0 unspecified atom stereocenters. The average Bonchev–Trinajstić information content (AvgIpc) is 2.46. The van der Waals surface area contributed by atoms with Crippen molar-refractivity contribution in [3.05, 3.63) is 63.0 Å². The minimum absolute atomic E-state index is 0.514. The molecule has 104 valence electrons. The van der Waals surface area contributed by atoms with Gasteiger partial charge in [-0.3, -0.25) is 0 Å². The van der Waals surface area contributed by atoms with Crippen molar-refractivity contribution in [1.82, 2.24) is 0 Å². The number of rotatable bonds is 5. The topological polar surface area (TPSA) is 18.5 Å². The van der Waals surface area contributed by atoms with Crippen molar-refractivity contribution in [3.63, 3.8) is 0 Å². The summed E-state index contributed by atoms with van der Waals surface area (Å²) in [5.41, 5.74) is 2.15. The van der Waals surface area contributed by atoms with E-state index in [-0.39, 0.29) is 0 Å². The smallest absolute Gasteiger partial charge is 0.162 e. The van der Waals surface area contributed by atoms with E-state index in [1.54, 1.807) is 7.11 Å². The fourth-order valence-corrected chi connectivity index (χ4v) is 2.29. The molecule has 0 atom stereocenters. The van der Waals surface area contributed by atoms with E-state index >= 15 is 0 Å². The van der Waals surface area contributed by atoms with Crippen LogP contribution in [0.4, 0.5) is 0 Å². The highest BCUT2D eigenvalue weighted by Crippen LogP contribution is 2.30. The standard InChI is InChI=1S/C16H14Br2O2/c1-19-14-8-7-13(10-16(17)18)9-15(14)20-11-12-5-3-2-4-6-12/h2-10H,11H2,1H3. The Morgan fingerprint density at radius 3 is 2.45 bits per heavy atom. The summed E-state index contributed by atoms with van der Waals surface area (Å²) in [7, 11) is 1.64. The van der Waals surface area contributed by atoms with Crippen LogP contribution in [0, 0.1) is 0 Å². The number of ether oxygens (including phenoxy) is 2. The van der Waals surface area contributed by atoms with Crippen LogP contribution in [0.2, 0.25) is 0 Å². The summed E-state index contributed by atoms with van der Waals surface area (Å²) in [6, 6.07) is 15.9. The molecule has 0 saturated heterocycles. The van der Waals surface area contributed by atoms with Crippen LogP contribution in [-0.4, -0.2) is 7.11 Å². The molecule has 0 fully saturated rings. The Kier molecular flexibility index (Phi) is 5.68. The zero-order valence-electron chi connectivity index (χ0n) is 11.0. The van der Waals surface area contributed by atoms with Gasteiger partial charge in [0.15, 0.2) is 11.5 Å². The molecule has 2 rings (SSSR count). The minimum Gasteiger partial charge on any atom is -0.493 e. The van der Waals surface area contributed by atoms with Crippen molar-refractivity contribution in [1.29, 1.82) is 0 Å². The van der Waals surface area contributed by atoms with E-state index in [0.29, 0.717) is 6.61 Å². The Morgan fingerprint density at radius 2 is 1.80 bits per heavy atom. The molecule has 0 aliphatic carbocycles. The second kappa shape index (κ2) is 7.50. The predicted molar refractivity (Wildman–Crippen MR) is 89.6 cm³/mol. The van der Waals surface area contributed by atoms with Crippen LogP contribution in [0.15, 0.2) is 51.9 Å². The summed E-state index contributed by atoms with van der Waals surface area (Å²) in [5, 5.41) is 0. The maximum Gasteiger partial charge on any atom is 0.162 e. The first kappa shape index (κ1) is 15.1. The lowest BCUT2D eigenvalue weighted by Gasteiger charge is -2.11. The van der Waals surface area contributed by atoms with Gasteiger partial charge in [-0.05, 0) is 61.2 Å². The summed E-state index contributed by atoms with van der Waals surface area (Å²) >= 11 is 6.71. The lowest BCUT2D eigenvalue weighted by molar-refractivity contribution is 0.284. The van der Waals surface area contributed by atoms with E-state index in [9.17, 15) is 0 Å². The summed E-state index contributed by atoms with van der Waals surface area (Å²) < 4.78 is 12.1. The molecule has 2 nitrogen and oxygen atoms in total. The first-order valence-corrected chi connectivity index (χ1v) is 7.65. The number of benzene rings is 2. The second-order valence-electron chi connectivity index (χ2n) is 4.12. The molecule has 0 aliphatic rings. The first-order chi connectivity index (χ1) is 9.69. The highest BCUT2D eigenvalue weighted by molar-refractivity contribution is 9.28. The molecular weight excluding hydrogens is 384 g/mol. The van der Waals surface area contributed by atoms with Gasteiger partial charge in [0.2, 0.25) is 0 Å². The second-order valence-corrected chi connectivity index (χ2v) is 6.89. The Hall–Kier alpha value is -1.26. The number of hydrogen-bond donors (Lipinski definition) is 0. The van der Waals surface area contributed by atoms with E-state index in [4.69, 9.17) is 9.47 Å². The Labute approximate surface area is 135 Å². The van der Waals surface area contributed by atoms with Crippen LogP contribution in [0.1, 0.15) is 11.1 Å². The maximum atomic E-state index is 5.85. The van der Waals surface area contributed by atoms with Crippen LogP contribution in [-0.2, 0) is 6.61 Å². The lowest BCUT2D eigenvalue weighted by Crippen LogP contribution is -1.97. The molecule has 0 radical (unpaired) electrons. The van der Waals surface area contributed by atoms with Gasteiger partial charge < -0.3 is 9.47 Å². The van der Waals surface area contributed by atoms with Crippen molar-refractivity contribution in [3.8, 4) is 11.5 Å². The molecule has 2 aromatic carbocycles. The third-order valence-electron chi connectivity index (χ3n) is 2.70. The van der Waals surface area contributed by atoms with Crippen molar-refractivity contribution in [2.24, 2.45) is 0 Å². The van der Waals surface area contributed by atoms with Gasteiger partial charge in [-0.1, -0.05) is 36.4 Å². The Morgan fingerprint density at radius 1 is 1.05 bits per heavy atom. The van der Waals surface area contributed by atoms with E-state index in [1.807, 2.05) is 54.6 Å². The van der Waals surface area contributed by atoms with E-state index in [0.717, 1.165) is 26.0 Å². The fraction of sp³-hybridized carbons (Fsp3) is 0.125. The Bertz CT molecular complexity index is 591. The van der Waals surface area contributed by atoms with E-state index in [1.165, 1.54) is 0 Å². The molecule has 20 heavy (non-hydrogen) atoms. The first-order valence-electron chi connectivity index (χ1n) is 6.06. The van der Waals surface area contributed by atoms with Crippen LogP contribution in [0.3, 0.4) is 0 Å². The third-order valence-corrected chi connectivity index (χ3v) is 3.16. The van der Waals surface area contributed by atoms with Crippen molar-refractivity contribution >= 4 is 37.9 Å². The Balaban J connectivity index is 2.18. The lowest BCUT2D eigenvalue weighted by atomic mass is 10.2. The maximum absolute atomic E-state index is 5.85. The number of methoxy groups -OCH3 is 1. The molecule has 0 aliphatic heterocycles. The van der Waals surface area contributed by atoms with Crippen LogP contribution < -0.4 is 9.47 Å². The monoisotopic (exact) mass is 396 g/mol. The molecule has 0 saturated carbocycles. The summed E-state index contributed by atoms with van der Waals surface area (Å²) in [4.78, 5) is 0. The summed E-state index contributed by atoms with van der Waals surface area (Å²) in [5.74, 6) is 1.45. The molecular formula is C16H14Br2O2. The van der Waals surface area contributed by atoms with Gasteiger partial charge in [0.05, 0.1) is 10.5 Å². The number of halogens is 2. The molecule has 4 heteroatoms. The van der Waals surface area contributed by atoms with Gasteiger partial charge >= 0.3 is 0 Å². The van der Waals surface area contributed by atoms with Crippen LogP contribution in [0.25, 0.3) is 6.08 Å². The van der Waals surface area contributed by atoms with Crippen molar-refractivity contribution < 1.29 is 9.47 Å². The van der Waals surface area contributed by atoms with Crippen LogP contribution >= 0.6 is 31.9 Å². The van der Waals surface area contributed by atoms with Gasteiger partial charge in [-0.2, -0.15) is 0 Å². The third kappa shape index (κ3) is 4.39. The largest absolute Gasteiger partial charge is 0.493 e. The zero-order valence-corrected chi connectivity index (χ0v) is 14.1. The molecule has 0 N–H and O–H groups in total. The molecule has 2 aromatic rings.